The minimum Gasteiger partial charge on any atom is -0.299 e. The lowest BCUT2D eigenvalue weighted by atomic mass is 9.81. The van der Waals surface area contributed by atoms with Gasteiger partial charge in [-0.25, -0.2) is 0 Å². The van der Waals surface area contributed by atoms with Gasteiger partial charge in [0.2, 0.25) is 0 Å². The van der Waals surface area contributed by atoms with Crippen LogP contribution in [-0.4, -0.2) is 23.3 Å². The fourth-order valence-electron chi connectivity index (χ4n) is 3.21. The molecule has 0 N–H and O–H groups in total. The van der Waals surface area contributed by atoms with Crippen LogP contribution >= 0.6 is 0 Å². The lowest BCUT2D eigenvalue weighted by molar-refractivity contribution is -0.130. The zero-order chi connectivity index (χ0) is 12.5. The molecular formula is C16H19NO. The molecule has 18 heavy (non-hydrogen) atoms. The Morgan fingerprint density at radius 3 is 2.78 bits per heavy atom. The molecule has 1 fully saturated rings. The molecule has 1 saturated heterocycles. The highest BCUT2D eigenvalue weighted by atomic mass is 16.1. The van der Waals surface area contributed by atoms with Crippen molar-refractivity contribution < 1.29 is 4.79 Å². The summed E-state index contributed by atoms with van der Waals surface area (Å²) in [6.07, 6.45) is 6.20. The number of ketones is 1. The summed E-state index contributed by atoms with van der Waals surface area (Å²) in [6, 6.07) is 11.0. The average Bonchev–Trinajstić information content (AvgIpc) is 2.44. The Kier molecular flexibility index (Phi) is 3.04. The van der Waals surface area contributed by atoms with E-state index in [4.69, 9.17) is 0 Å². The third-order valence-electron chi connectivity index (χ3n) is 4.27. The van der Waals surface area contributed by atoms with E-state index in [0.29, 0.717) is 18.2 Å². The second kappa shape index (κ2) is 4.69. The highest BCUT2D eigenvalue weighted by Gasteiger charge is 2.39. The summed E-state index contributed by atoms with van der Waals surface area (Å²) in [6.45, 7) is 3.13. The maximum absolute atomic E-state index is 12.2. The van der Waals surface area contributed by atoms with Crippen LogP contribution in [0, 0.1) is 5.92 Å². The number of fused-ring (bicyclic) bond motifs is 1. The smallest absolute Gasteiger partial charge is 0.139 e. The summed E-state index contributed by atoms with van der Waals surface area (Å²) in [5, 5.41) is 0. The van der Waals surface area contributed by atoms with Gasteiger partial charge in [0.1, 0.15) is 5.78 Å². The maximum atomic E-state index is 12.2. The number of piperidine rings is 1. The first-order chi connectivity index (χ1) is 8.77. The Bertz CT molecular complexity index is 465. The van der Waals surface area contributed by atoms with Crippen molar-refractivity contribution in [2.75, 3.05) is 6.54 Å². The average molecular weight is 241 g/mol. The normalized spacial score (nSPS) is 32.3. The van der Waals surface area contributed by atoms with Crippen molar-refractivity contribution in [1.29, 1.82) is 0 Å². The van der Waals surface area contributed by atoms with Crippen LogP contribution in [-0.2, 0) is 4.79 Å². The minimum absolute atomic E-state index is 0.140. The molecule has 0 aliphatic carbocycles. The number of rotatable bonds is 1. The van der Waals surface area contributed by atoms with Gasteiger partial charge in [0.25, 0.3) is 0 Å². The van der Waals surface area contributed by atoms with E-state index in [1.54, 1.807) is 0 Å². The number of carbonyl (C=O) groups excluding carboxylic acids is 1. The van der Waals surface area contributed by atoms with Crippen LogP contribution in [0.5, 0.6) is 0 Å². The predicted molar refractivity (Wildman–Crippen MR) is 72.2 cm³/mol. The first-order valence-electron chi connectivity index (χ1n) is 6.77. The summed E-state index contributed by atoms with van der Waals surface area (Å²) in [4.78, 5) is 14.7. The van der Waals surface area contributed by atoms with Gasteiger partial charge in [-0.2, -0.15) is 0 Å². The van der Waals surface area contributed by atoms with Crippen molar-refractivity contribution in [3.8, 4) is 0 Å². The molecule has 0 radical (unpaired) electrons. The SMILES string of the molecule is C[C@H]1C(=O)C[C@@H](c2ccccc2)N2CCC=C[C@@H]12. The van der Waals surface area contributed by atoms with Gasteiger partial charge in [-0.05, 0) is 12.0 Å². The van der Waals surface area contributed by atoms with Gasteiger partial charge >= 0.3 is 0 Å². The number of benzene rings is 1. The fraction of sp³-hybridized carbons (Fsp3) is 0.438. The van der Waals surface area contributed by atoms with Gasteiger partial charge in [-0.1, -0.05) is 49.4 Å². The topological polar surface area (TPSA) is 20.3 Å². The van der Waals surface area contributed by atoms with E-state index in [1.165, 1.54) is 5.56 Å². The van der Waals surface area contributed by atoms with Crippen LogP contribution in [0.4, 0.5) is 0 Å². The van der Waals surface area contributed by atoms with Gasteiger partial charge in [0.05, 0.1) is 0 Å². The van der Waals surface area contributed by atoms with Crippen molar-refractivity contribution in [1.82, 2.24) is 4.90 Å². The number of hydrogen-bond donors (Lipinski definition) is 0. The minimum atomic E-state index is 0.140. The molecule has 2 aliphatic rings. The molecule has 0 spiro atoms. The summed E-state index contributed by atoms with van der Waals surface area (Å²) < 4.78 is 0. The Hall–Kier alpha value is -1.41. The fourth-order valence-corrected chi connectivity index (χ4v) is 3.21. The lowest BCUT2D eigenvalue weighted by Crippen LogP contribution is -2.50. The highest BCUT2D eigenvalue weighted by Crippen LogP contribution is 2.37. The molecule has 2 heterocycles. The molecule has 94 valence electrons. The molecule has 0 saturated carbocycles. The molecule has 2 heteroatoms. The highest BCUT2D eigenvalue weighted by molar-refractivity contribution is 5.83. The molecule has 0 amide bonds. The second-order valence-corrected chi connectivity index (χ2v) is 5.33. The molecule has 0 aromatic heterocycles. The van der Waals surface area contributed by atoms with E-state index in [-0.39, 0.29) is 12.0 Å². The van der Waals surface area contributed by atoms with Crippen molar-refractivity contribution in [3.63, 3.8) is 0 Å². The first kappa shape index (κ1) is 11.7. The van der Waals surface area contributed by atoms with Crippen LogP contribution in [0.2, 0.25) is 0 Å². The Morgan fingerprint density at radius 1 is 1.22 bits per heavy atom. The van der Waals surface area contributed by atoms with Crippen LogP contribution in [0.25, 0.3) is 0 Å². The van der Waals surface area contributed by atoms with E-state index in [0.717, 1.165) is 13.0 Å². The number of hydrogen-bond acceptors (Lipinski definition) is 2. The Morgan fingerprint density at radius 2 is 2.00 bits per heavy atom. The van der Waals surface area contributed by atoms with Crippen LogP contribution in [0.3, 0.4) is 0 Å². The van der Waals surface area contributed by atoms with Crippen LogP contribution in [0.1, 0.15) is 31.4 Å². The standard InChI is InChI=1S/C16H19NO/c1-12-14-9-5-6-10-17(14)15(11-16(12)18)13-7-3-2-4-8-13/h2-5,7-9,12,14-15H,6,10-11H2,1H3/t12-,14+,15+/m1/s1. The zero-order valence-corrected chi connectivity index (χ0v) is 10.8. The number of carbonyl (C=O) groups is 1. The Balaban J connectivity index is 1.95. The van der Waals surface area contributed by atoms with Crippen molar-refractivity contribution in [3.05, 3.63) is 48.0 Å². The van der Waals surface area contributed by atoms with Crippen LogP contribution < -0.4 is 0 Å². The van der Waals surface area contributed by atoms with E-state index in [1.807, 2.05) is 6.07 Å². The number of nitrogens with zero attached hydrogens (tertiary/aromatic N) is 1. The van der Waals surface area contributed by atoms with Crippen molar-refractivity contribution in [2.24, 2.45) is 5.92 Å². The predicted octanol–water partition coefficient (Wildman–Crippen LogP) is 2.97. The molecule has 0 bridgehead atoms. The first-order valence-corrected chi connectivity index (χ1v) is 6.77. The third kappa shape index (κ3) is 1.91. The van der Waals surface area contributed by atoms with Gasteiger partial charge < -0.3 is 0 Å². The van der Waals surface area contributed by atoms with E-state index in [2.05, 4.69) is 48.2 Å². The third-order valence-corrected chi connectivity index (χ3v) is 4.27. The molecule has 1 aromatic rings. The van der Waals surface area contributed by atoms with E-state index >= 15 is 0 Å². The van der Waals surface area contributed by atoms with Gasteiger partial charge in [0.15, 0.2) is 0 Å². The molecule has 1 aromatic carbocycles. The number of Topliss-reactive ketones (excluding diaryl/α,β-unsaturated/α-hetero) is 1. The molecule has 0 unspecified atom stereocenters. The Labute approximate surface area is 108 Å². The largest absolute Gasteiger partial charge is 0.299 e. The second-order valence-electron chi connectivity index (χ2n) is 5.33. The zero-order valence-electron chi connectivity index (χ0n) is 10.8. The molecule has 2 nitrogen and oxygen atoms in total. The van der Waals surface area contributed by atoms with E-state index in [9.17, 15) is 4.79 Å². The maximum Gasteiger partial charge on any atom is 0.139 e. The van der Waals surface area contributed by atoms with Crippen molar-refractivity contribution in [2.45, 2.75) is 31.8 Å². The summed E-state index contributed by atoms with van der Waals surface area (Å²) in [7, 11) is 0. The van der Waals surface area contributed by atoms with Crippen LogP contribution in [0.15, 0.2) is 42.5 Å². The monoisotopic (exact) mass is 241 g/mol. The lowest BCUT2D eigenvalue weighted by Gasteiger charge is -2.45. The molecule has 3 rings (SSSR count). The quantitative estimate of drug-likeness (QED) is 0.704. The van der Waals surface area contributed by atoms with Gasteiger partial charge in [0, 0.05) is 31.0 Å². The molecular weight excluding hydrogens is 222 g/mol. The van der Waals surface area contributed by atoms with Gasteiger partial charge in [-0.15, -0.1) is 0 Å². The van der Waals surface area contributed by atoms with Crippen molar-refractivity contribution >= 4 is 5.78 Å². The molecule has 2 aliphatic heterocycles. The molecule has 3 atom stereocenters. The summed E-state index contributed by atoms with van der Waals surface area (Å²) in [5.74, 6) is 0.540. The van der Waals surface area contributed by atoms with E-state index < -0.39 is 0 Å². The summed E-state index contributed by atoms with van der Waals surface area (Å²) in [5.41, 5.74) is 1.28. The summed E-state index contributed by atoms with van der Waals surface area (Å²) >= 11 is 0. The van der Waals surface area contributed by atoms with Gasteiger partial charge in [-0.3, -0.25) is 9.69 Å².